The molecule has 6 nitrogen and oxygen atoms in total. The van der Waals surface area contributed by atoms with Crippen LogP contribution in [0.3, 0.4) is 0 Å². The predicted molar refractivity (Wildman–Crippen MR) is 101 cm³/mol. The van der Waals surface area contributed by atoms with Crippen molar-refractivity contribution >= 4 is 11.7 Å². The summed E-state index contributed by atoms with van der Waals surface area (Å²) in [5, 5.41) is 5.63. The fourth-order valence-corrected chi connectivity index (χ4v) is 2.87. The van der Waals surface area contributed by atoms with E-state index < -0.39 is 0 Å². The first-order chi connectivity index (χ1) is 12.8. The number of aromatic nitrogens is 1. The van der Waals surface area contributed by atoms with Crippen LogP contribution in [0.2, 0.25) is 0 Å². The van der Waals surface area contributed by atoms with Crippen LogP contribution < -0.4 is 15.4 Å². The highest BCUT2D eigenvalue weighted by Gasteiger charge is 2.14. The summed E-state index contributed by atoms with van der Waals surface area (Å²) in [7, 11) is 0. The Morgan fingerprint density at radius 2 is 2.08 bits per heavy atom. The molecule has 2 heterocycles. The van der Waals surface area contributed by atoms with Gasteiger partial charge in [0.25, 0.3) is 0 Å². The fourth-order valence-electron chi connectivity index (χ4n) is 2.87. The molecule has 2 aromatic rings. The third kappa shape index (κ3) is 6.04. The van der Waals surface area contributed by atoms with Gasteiger partial charge in [-0.1, -0.05) is 18.2 Å². The second-order valence-electron chi connectivity index (χ2n) is 6.31. The zero-order chi connectivity index (χ0) is 18.0. The van der Waals surface area contributed by atoms with Crippen molar-refractivity contribution in [3.05, 3.63) is 48.7 Å². The van der Waals surface area contributed by atoms with Crippen molar-refractivity contribution in [1.82, 2.24) is 10.3 Å². The van der Waals surface area contributed by atoms with E-state index in [9.17, 15) is 4.79 Å². The molecule has 6 heteroatoms. The maximum atomic E-state index is 11.9. The molecule has 1 atom stereocenters. The summed E-state index contributed by atoms with van der Waals surface area (Å²) in [5.74, 6) is 1.21. The Morgan fingerprint density at radius 1 is 1.19 bits per heavy atom. The molecule has 1 aromatic carbocycles. The molecule has 1 aliphatic rings. The number of pyridine rings is 1. The molecule has 0 saturated carbocycles. The van der Waals surface area contributed by atoms with Crippen molar-refractivity contribution in [2.45, 2.75) is 38.2 Å². The summed E-state index contributed by atoms with van der Waals surface area (Å²) >= 11 is 0. The largest absolute Gasteiger partial charge is 0.439 e. The molecular formula is C20H25N3O3. The highest BCUT2D eigenvalue weighted by atomic mass is 16.5. The van der Waals surface area contributed by atoms with Gasteiger partial charge in [-0.25, -0.2) is 9.78 Å². The standard InChI is InChI=1S/C20H25N3O3/c24-20(21-13-5-4-7-17-10-6-14-25-17)23-16-11-12-19(22-15-16)26-18-8-2-1-3-9-18/h1-3,8-9,11-12,15,17H,4-7,10,13-14H2,(H2,21,23,24). The minimum absolute atomic E-state index is 0.222. The van der Waals surface area contributed by atoms with Gasteiger partial charge in [-0.2, -0.15) is 0 Å². The Hall–Kier alpha value is -2.60. The number of hydrogen-bond donors (Lipinski definition) is 2. The molecule has 3 rings (SSSR count). The maximum absolute atomic E-state index is 11.9. The number of nitrogens with zero attached hydrogens (tertiary/aromatic N) is 1. The number of hydrogen-bond acceptors (Lipinski definition) is 4. The van der Waals surface area contributed by atoms with Crippen LogP contribution in [-0.2, 0) is 4.74 Å². The number of nitrogens with one attached hydrogen (secondary N) is 2. The average Bonchev–Trinajstić information content (AvgIpc) is 3.17. The monoisotopic (exact) mass is 355 g/mol. The van der Waals surface area contributed by atoms with Crippen molar-refractivity contribution in [3.8, 4) is 11.6 Å². The number of anilines is 1. The van der Waals surface area contributed by atoms with Gasteiger partial charge in [0.15, 0.2) is 0 Å². The molecule has 138 valence electrons. The number of unbranched alkanes of at least 4 members (excludes halogenated alkanes) is 1. The topological polar surface area (TPSA) is 72.5 Å². The van der Waals surface area contributed by atoms with Crippen molar-refractivity contribution in [3.63, 3.8) is 0 Å². The molecule has 26 heavy (non-hydrogen) atoms. The number of benzene rings is 1. The molecule has 2 N–H and O–H groups in total. The SMILES string of the molecule is O=C(NCCCCC1CCCO1)Nc1ccc(Oc2ccccc2)nc1. The van der Waals surface area contributed by atoms with Crippen molar-refractivity contribution < 1.29 is 14.3 Å². The van der Waals surface area contributed by atoms with Gasteiger partial charge in [0.2, 0.25) is 5.88 Å². The van der Waals surface area contributed by atoms with Crippen LogP contribution in [0.15, 0.2) is 48.7 Å². The van der Waals surface area contributed by atoms with E-state index in [4.69, 9.17) is 9.47 Å². The number of urea groups is 1. The van der Waals surface area contributed by atoms with Gasteiger partial charge in [0.05, 0.1) is 18.0 Å². The molecule has 1 unspecified atom stereocenters. The molecule has 0 bridgehead atoms. The third-order valence-electron chi connectivity index (χ3n) is 4.22. The van der Waals surface area contributed by atoms with Gasteiger partial charge in [-0.05, 0) is 50.3 Å². The van der Waals surface area contributed by atoms with Crippen LogP contribution >= 0.6 is 0 Å². The normalized spacial score (nSPS) is 16.2. The van der Waals surface area contributed by atoms with E-state index in [-0.39, 0.29) is 6.03 Å². The van der Waals surface area contributed by atoms with Gasteiger partial charge in [-0.3, -0.25) is 0 Å². The smallest absolute Gasteiger partial charge is 0.319 e. The third-order valence-corrected chi connectivity index (χ3v) is 4.22. The van der Waals surface area contributed by atoms with Gasteiger partial charge >= 0.3 is 6.03 Å². The number of rotatable bonds is 8. The lowest BCUT2D eigenvalue weighted by atomic mass is 10.1. The van der Waals surface area contributed by atoms with Crippen LogP contribution in [0, 0.1) is 0 Å². The molecular weight excluding hydrogens is 330 g/mol. The van der Waals surface area contributed by atoms with Crippen LogP contribution in [0.5, 0.6) is 11.6 Å². The highest BCUT2D eigenvalue weighted by Crippen LogP contribution is 2.20. The quantitative estimate of drug-likeness (QED) is 0.691. The Bertz CT molecular complexity index is 670. The van der Waals surface area contributed by atoms with E-state index in [0.29, 0.717) is 24.2 Å². The molecule has 1 saturated heterocycles. The van der Waals surface area contributed by atoms with E-state index in [1.165, 1.54) is 12.8 Å². The molecule has 0 radical (unpaired) electrons. The maximum Gasteiger partial charge on any atom is 0.319 e. The Morgan fingerprint density at radius 3 is 2.81 bits per heavy atom. The second-order valence-corrected chi connectivity index (χ2v) is 6.31. The highest BCUT2D eigenvalue weighted by molar-refractivity contribution is 5.88. The summed E-state index contributed by atoms with van der Waals surface area (Å²) in [6.45, 7) is 1.55. The predicted octanol–water partition coefficient (Wildman–Crippen LogP) is 4.34. The minimum atomic E-state index is -0.222. The van der Waals surface area contributed by atoms with E-state index >= 15 is 0 Å². The summed E-state index contributed by atoms with van der Waals surface area (Å²) in [5.41, 5.74) is 0.627. The van der Waals surface area contributed by atoms with E-state index in [0.717, 1.165) is 31.6 Å². The lowest BCUT2D eigenvalue weighted by molar-refractivity contribution is 0.102. The van der Waals surface area contributed by atoms with E-state index in [2.05, 4.69) is 15.6 Å². The van der Waals surface area contributed by atoms with Crippen LogP contribution in [0.25, 0.3) is 0 Å². The average molecular weight is 355 g/mol. The summed E-state index contributed by atoms with van der Waals surface area (Å²) in [6.07, 6.45) is 7.45. The van der Waals surface area contributed by atoms with Crippen molar-refractivity contribution in [2.75, 3.05) is 18.5 Å². The van der Waals surface area contributed by atoms with Gasteiger partial charge < -0.3 is 20.1 Å². The number of amides is 2. The molecule has 2 amide bonds. The van der Waals surface area contributed by atoms with Crippen LogP contribution in [-0.4, -0.2) is 30.3 Å². The van der Waals surface area contributed by atoms with E-state index in [1.54, 1.807) is 18.3 Å². The van der Waals surface area contributed by atoms with Crippen molar-refractivity contribution in [2.24, 2.45) is 0 Å². The Labute approximate surface area is 153 Å². The first-order valence-corrected chi connectivity index (χ1v) is 9.15. The number of para-hydroxylation sites is 1. The van der Waals surface area contributed by atoms with Gasteiger partial charge in [0.1, 0.15) is 5.75 Å². The first-order valence-electron chi connectivity index (χ1n) is 9.15. The zero-order valence-corrected chi connectivity index (χ0v) is 14.8. The molecule has 0 aliphatic carbocycles. The summed E-state index contributed by atoms with van der Waals surface area (Å²) < 4.78 is 11.2. The number of carbonyl (C=O) groups is 1. The van der Waals surface area contributed by atoms with E-state index in [1.807, 2.05) is 30.3 Å². The zero-order valence-electron chi connectivity index (χ0n) is 14.8. The molecule has 0 spiro atoms. The van der Waals surface area contributed by atoms with Gasteiger partial charge in [0, 0.05) is 19.2 Å². The lowest BCUT2D eigenvalue weighted by Crippen LogP contribution is -2.29. The molecule has 1 aromatic heterocycles. The van der Waals surface area contributed by atoms with Crippen molar-refractivity contribution in [1.29, 1.82) is 0 Å². The summed E-state index contributed by atoms with van der Waals surface area (Å²) in [4.78, 5) is 16.1. The van der Waals surface area contributed by atoms with Crippen LogP contribution in [0.4, 0.5) is 10.5 Å². The Balaban J connectivity index is 1.33. The van der Waals surface area contributed by atoms with Crippen LogP contribution in [0.1, 0.15) is 32.1 Å². The fraction of sp³-hybridized carbons (Fsp3) is 0.400. The first kappa shape index (κ1) is 18.2. The second kappa shape index (κ2) is 9.77. The molecule has 1 aliphatic heterocycles. The van der Waals surface area contributed by atoms with Gasteiger partial charge in [-0.15, -0.1) is 0 Å². The Kier molecular flexibility index (Phi) is 6.84. The summed E-state index contributed by atoms with van der Waals surface area (Å²) in [6, 6.07) is 12.7. The lowest BCUT2D eigenvalue weighted by Gasteiger charge is -2.10. The number of ether oxygens (including phenoxy) is 2. The minimum Gasteiger partial charge on any atom is -0.439 e. The number of carbonyl (C=O) groups excluding carboxylic acids is 1. The molecule has 1 fully saturated rings.